The second-order valence-corrected chi connectivity index (χ2v) is 6.47. The summed E-state index contributed by atoms with van der Waals surface area (Å²) in [6.07, 6.45) is 3.95. The maximum Gasteiger partial charge on any atom is 0.0620 e. The fraction of sp³-hybridized carbons (Fsp3) is 0.571. The highest BCUT2D eigenvalue weighted by Crippen LogP contribution is 2.32. The van der Waals surface area contributed by atoms with Crippen LogP contribution in [0.5, 0.6) is 0 Å². The topological polar surface area (TPSA) is 58.3 Å². The monoisotopic (exact) mass is 312 g/mol. The largest absolute Gasteiger partial charge is 0.397 e. The molecule has 0 spiro atoms. The van der Waals surface area contributed by atoms with Gasteiger partial charge in [-0.3, -0.25) is 0 Å². The molecule has 0 unspecified atom stereocenters. The van der Waals surface area contributed by atoms with Crippen LogP contribution >= 0.6 is 15.9 Å². The van der Waals surface area contributed by atoms with Gasteiger partial charge in [-0.25, -0.2) is 0 Å². The SMILES string of the molecule is CC1(O)CCC(CNc2cc(Br)ccc2N)CC1. The lowest BCUT2D eigenvalue weighted by Gasteiger charge is -2.33. The summed E-state index contributed by atoms with van der Waals surface area (Å²) in [5, 5.41) is 13.3. The first-order valence-corrected chi connectivity index (χ1v) is 7.27. The highest BCUT2D eigenvalue weighted by molar-refractivity contribution is 9.10. The number of aliphatic hydroxyl groups is 1. The van der Waals surface area contributed by atoms with E-state index in [1.54, 1.807) is 0 Å². The highest BCUT2D eigenvalue weighted by atomic mass is 79.9. The Morgan fingerprint density at radius 3 is 2.78 bits per heavy atom. The average Bonchev–Trinajstić information content (AvgIpc) is 2.32. The zero-order valence-corrected chi connectivity index (χ0v) is 12.3. The van der Waals surface area contributed by atoms with Crippen molar-refractivity contribution >= 4 is 27.3 Å². The van der Waals surface area contributed by atoms with E-state index in [0.717, 1.165) is 48.1 Å². The maximum absolute atomic E-state index is 9.91. The van der Waals surface area contributed by atoms with Crippen molar-refractivity contribution in [2.75, 3.05) is 17.6 Å². The van der Waals surface area contributed by atoms with E-state index in [1.165, 1.54) is 0 Å². The van der Waals surface area contributed by atoms with Gasteiger partial charge in [-0.1, -0.05) is 15.9 Å². The van der Waals surface area contributed by atoms with Crippen molar-refractivity contribution in [3.8, 4) is 0 Å². The molecule has 100 valence electrons. The molecule has 0 atom stereocenters. The van der Waals surface area contributed by atoms with Crippen molar-refractivity contribution in [2.24, 2.45) is 5.92 Å². The third kappa shape index (κ3) is 3.62. The predicted octanol–water partition coefficient (Wildman–Crippen LogP) is 3.38. The van der Waals surface area contributed by atoms with Gasteiger partial charge in [0.2, 0.25) is 0 Å². The molecule has 1 aromatic rings. The van der Waals surface area contributed by atoms with Crippen LogP contribution in [0.25, 0.3) is 0 Å². The van der Waals surface area contributed by atoms with Crippen molar-refractivity contribution in [2.45, 2.75) is 38.2 Å². The van der Waals surface area contributed by atoms with E-state index in [-0.39, 0.29) is 0 Å². The zero-order valence-electron chi connectivity index (χ0n) is 10.7. The minimum Gasteiger partial charge on any atom is -0.397 e. The van der Waals surface area contributed by atoms with Crippen LogP contribution in [-0.2, 0) is 0 Å². The Morgan fingerprint density at radius 1 is 1.44 bits per heavy atom. The Hall–Kier alpha value is -0.740. The van der Waals surface area contributed by atoms with Crippen LogP contribution in [0.4, 0.5) is 11.4 Å². The van der Waals surface area contributed by atoms with E-state index in [2.05, 4.69) is 21.2 Å². The van der Waals surface area contributed by atoms with Gasteiger partial charge in [0.25, 0.3) is 0 Å². The molecule has 1 fully saturated rings. The zero-order chi connectivity index (χ0) is 13.2. The van der Waals surface area contributed by atoms with Crippen LogP contribution < -0.4 is 11.1 Å². The molecule has 1 aliphatic rings. The van der Waals surface area contributed by atoms with Crippen molar-refractivity contribution in [3.05, 3.63) is 22.7 Å². The number of nitrogens with one attached hydrogen (secondary N) is 1. The first-order chi connectivity index (χ1) is 8.46. The first-order valence-electron chi connectivity index (χ1n) is 6.47. The van der Waals surface area contributed by atoms with Crippen LogP contribution in [0, 0.1) is 5.92 Å². The lowest BCUT2D eigenvalue weighted by Crippen LogP contribution is -2.32. The molecule has 0 bridgehead atoms. The van der Waals surface area contributed by atoms with Crippen LogP contribution in [-0.4, -0.2) is 17.3 Å². The Balaban J connectivity index is 1.87. The predicted molar refractivity (Wildman–Crippen MR) is 79.6 cm³/mol. The molecule has 4 N–H and O–H groups in total. The summed E-state index contributed by atoms with van der Waals surface area (Å²) >= 11 is 3.45. The second-order valence-electron chi connectivity index (χ2n) is 5.55. The summed E-state index contributed by atoms with van der Waals surface area (Å²) in [4.78, 5) is 0. The molecule has 1 aliphatic carbocycles. The number of benzene rings is 1. The smallest absolute Gasteiger partial charge is 0.0620 e. The van der Waals surface area contributed by atoms with E-state index < -0.39 is 5.60 Å². The van der Waals surface area contributed by atoms with E-state index in [1.807, 2.05) is 25.1 Å². The molecule has 1 aromatic carbocycles. The Morgan fingerprint density at radius 2 is 2.11 bits per heavy atom. The number of hydrogen-bond donors (Lipinski definition) is 3. The van der Waals surface area contributed by atoms with Crippen molar-refractivity contribution in [1.82, 2.24) is 0 Å². The summed E-state index contributed by atoms with van der Waals surface area (Å²) in [5.74, 6) is 0.628. The third-order valence-corrected chi connectivity index (χ3v) is 4.27. The van der Waals surface area contributed by atoms with Crippen molar-refractivity contribution < 1.29 is 5.11 Å². The lowest BCUT2D eigenvalue weighted by molar-refractivity contribution is 0.00977. The van der Waals surface area contributed by atoms with Crippen LogP contribution in [0.1, 0.15) is 32.6 Å². The van der Waals surface area contributed by atoms with Gasteiger partial charge in [-0.05, 0) is 56.7 Å². The van der Waals surface area contributed by atoms with Gasteiger partial charge in [0.1, 0.15) is 0 Å². The van der Waals surface area contributed by atoms with E-state index in [9.17, 15) is 5.11 Å². The Bertz CT molecular complexity index is 410. The average molecular weight is 313 g/mol. The lowest BCUT2D eigenvalue weighted by atomic mass is 9.80. The number of rotatable bonds is 3. The van der Waals surface area contributed by atoms with E-state index in [4.69, 9.17) is 5.73 Å². The van der Waals surface area contributed by atoms with Crippen LogP contribution in [0.3, 0.4) is 0 Å². The second kappa shape index (κ2) is 5.49. The number of nitrogen functional groups attached to an aromatic ring is 1. The van der Waals surface area contributed by atoms with Gasteiger partial charge in [0.15, 0.2) is 0 Å². The Labute approximate surface area is 117 Å². The van der Waals surface area contributed by atoms with Crippen molar-refractivity contribution in [3.63, 3.8) is 0 Å². The minimum atomic E-state index is -0.453. The summed E-state index contributed by atoms with van der Waals surface area (Å²) in [6.45, 7) is 2.86. The molecule has 0 aromatic heterocycles. The summed E-state index contributed by atoms with van der Waals surface area (Å²) < 4.78 is 1.03. The molecular weight excluding hydrogens is 292 g/mol. The van der Waals surface area contributed by atoms with Crippen LogP contribution in [0.15, 0.2) is 22.7 Å². The molecule has 0 heterocycles. The molecular formula is C14H21BrN2O. The van der Waals surface area contributed by atoms with E-state index >= 15 is 0 Å². The van der Waals surface area contributed by atoms with Gasteiger partial charge < -0.3 is 16.2 Å². The number of halogens is 1. The molecule has 0 saturated heterocycles. The van der Waals surface area contributed by atoms with Gasteiger partial charge in [-0.15, -0.1) is 0 Å². The minimum absolute atomic E-state index is 0.453. The quantitative estimate of drug-likeness (QED) is 0.750. The van der Waals surface area contributed by atoms with Gasteiger partial charge in [0, 0.05) is 11.0 Å². The molecule has 3 nitrogen and oxygen atoms in total. The first kappa shape index (κ1) is 13.7. The van der Waals surface area contributed by atoms with Gasteiger partial charge in [0.05, 0.1) is 17.0 Å². The molecule has 4 heteroatoms. The number of anilines is 2. The number of hydrogen-bond acceptors (Lipinski definition) is 3. The molecule has 0 radical (unpaired) electrons. The summed E-state index contributed by atoms with van der Waals surface area (Å²) in [6, 6.07) is 5.85. The maximum atomic E-state index is 9.91. The normalized spacial score (nSPS) is 28.1. The molecule has 0 amide bonds. The third-order valence-electron chi connectivity index (χ3n) is 3.78. The van der Waals surface area contributed by atoms with E-state index in [0.29, 0.717) is 5.92 Å². The summed E-state index contributed by atoms with van der Waals surface area (Å²) in [7, 11) is 0. The van der Waals surface area contributed by atoms with Gasteiger partial charge >= 0.3 is 0 Å². The fourth-order valence-electron chi connectivity index (χ4n) is 2.44. The standard InChI is InChI=1S/C14H21BrN2O/c1-14(18)6-4-10(5-7-14)9-17-13-8-11(15)2-3-12(13)16/h2-3,8,10,17-18H,4-7,9,16H2,1H3. The van der Waals surface area contributed by atoms with Gasteiger partial charge in [-0.2, -0.15) is 0 Å². The fourth-order valence-corrected chi connectivity index (χ4v) is 2.80. The molecule has 2 rings (SSSR count). The Kier molecular flexibility index (Phi) is 4.17. The van der Waals surface area contributed by atoms with Crippen LogP contribution in [0.2, 0.25) is 0 Å². The number of nitrogens with two attached hydrogens (primary N) is 1. The molecule has 1 saturated carbocycles. The summed E-state index contributed by atoms with van der Waals surface area (Å²) in [5.41, 5.74) is 7.24. The van der Waals surface area contributed by atoms with Crippen molar-refractivity contribution in [1.29, 1.82) is 0 Å². The molecule has 18 heavy (non-hydrogen) atoms. The highest BCUT2D eigenvalue weighted by Gasteiger charge is 2.28. The molecule has 0 aliphatic heterocycles.